The fraction of sp³-hybridized carbons (Fsp3) is 0.846. The van der Waals surface area contributed by atoms with Crippen molar-refractivity contribution in [3.63, 3.8) is 0 Å². The SMILES string of the molecule is CC1CCn2c(nnc2CC2CCCSC2)C1. The van der Waals surface area contributed by atoms with Crippen LogP contribution in [0, 0.1) is 11.8 Å². The molecule has 0 spiro atoms. The molecule has 0 aliphatic carbocycles. The van der Waals surface area contributed by atoms with E-state index in [1.165, 1.54) is 42.4 Å². The summed E-state index contributed by atoms with van der Waals surface area (Å²) in [5, 5.41) is 8.81. The Kier molecular flexibility index (Phi) is 3.41. The average molecular weight is 251 g/mol. The number of aromatic nitrogens is 3. The summed E-state index contributed by atoms with van der Waals surface area (Å²) in [6.07, 6.45) is 6.32. The molecule has 1 fully saturated rings. The first-order valence-electron chi connectivity index (χ1n) is 6.81. The largest absolute Gasteiger partial charge is 0.315 e. The van der Waals surface area contributed by atoms with Gasteiger partial charge in [-0.05, 0) is 42.6 Å². The number of rotatable bonds is 2. The Morgan fingerprint density at radius 1 is 1.35 bits per heavy atom. The van der Waals surface area contributed by atoms with Crippen molar-refractivity contribution in [3.8, 4) is 0 Å². The molecule has 1 aromatic heterocycles. The van der Waals surface area contributed by atoms with Crippen LogP contribution in [0.4, 0.5) is 0 Å². The van der Waals surface area contributed by atoms with E-state index in [2.05, 4.69) is 33.5 Å². The van der Waals surface area contributed by atoms with Crippen molar-refractivity contribution in [1.29, 1.82) is 0 Å². The van der Waals surface area contributed by atoms with E-state index < -0.39 is 0 Å². The maximum atomic E-state index is 4.43. The summed E-state index contributed by atoms with van der Waals surface area (Å²) in [5.74, 6) is 6.76. The minimum absolute atomic E-state index is 0.782. The van der Waals surface area contributed by atoms with Gasteiger partial charge >= 0.3 is 0 Å². The van der Waals surface area contributed by atoms with Gasteiger partial charge < -0.3 is 4.57 Å². The van der Waals surface area contributed by atoms with Crippen LogP contribution >= 0.6 is 11.8 Å². The maximum absolute atomic E-state index is 4.43. The summed E-state index contributed by atoms with van der Waals surface area (Å²) >= 11 is 2.11. The molecule has 17 heavy (non-hydrogen) atoms. The molecule has 3 heterocycles. The summed E-state index contributed by atoms with van der Waals surface area (Å²) in [7, 11) is 0. The molecule has 1 saturated heterocycles. The lowest BCUT2D eigenvalue weighted by molar-refractivity contribution is 0.394. The third kappa shape index (κ3) is 2.51. The molecule has 94 valence electrons. The minimum atomic E-state index is 0.782. The van der Waals surface area contributed by atoms with Crippen LogP contribution in [0.3, 0.4) is 0 Å². The summed E-state index contributed by atoms with van der Waals surface area (Å²) in [4.78, 5) is 0. The standard InChI is InChI=1S/C13H21N3S/c1-10-4-5-16-12(7-10)14-15-13(16)8-11-3-2-6-17-9-11/h10-11H,2-9H2,1H3. The van der Waals surface area contributed by atoms with Crippen LogP contribution in [0.5, 0.6) is 0 Å². The van der Waals surface area contributed by atoms with E-state index in [4.69, 9.17) is 0 Å². The van der Waals surface area contributed by atoms with Crippen molar-refractivity contribution >= 4 is 11.8 Å². The van der Waals surface area contributed by atoms with Crippen molar-refractivity contribution in [1.82, 2.24) is 14.8 Å². The molecule has 3 rings (SSSR count). The van der Waals surface area contributed by atoms with E-state index in [-0.39, 0.29) is 0 Å². The lowest BCUT2D eigenvalue weighted by Gasteiger charge is -2.23. The first-order chi connectivity index (χ1) is 8.33. The molecule has 2 aliphatic heterocycles. The molecule has 3 nitrogen and oxygen atoms in total. The molecule has 1 aromatic rings. The van der Waals surface area contributed by atoms with Gasteiger partial charge in [0.05, 0.1) is 0 Å². The molecule has 2 atom stereocenters. The zero-order valence-electron chi connectivity index (χ0n) is 10.6. The predicted molar refractivity (Wildman–Crippen MR) is 71.3 cm³/mol. The van der Waals surface area contributed by atoms with Gasteiger partial charge in [0.2, 0.25) is 0 Å². The molecule has 0 radical (unpaired) electrons. The second-order valence-corrected chi connectivity index (χ2v) is 6.72. The highest BCUT2D eigenvalue weighted by Crippen LogP contribution is 2.27. The normalized spacial score (nSPS) is 29.0. The molecule has 0 saturated carbocycles. The molecular formula is C13H21N3S. The van der Waals surface area contributed by atoms with Crippen molar-refractivity contribution in [2.75, 3.05) is 11.5 Å². The fourth-order valence-electron chi connectivity index (χ4n) is 2.92. The Morgan fingerprint density at radius 2 is 2.29 bits per heavy atom. The van der Waals surface area contributed by atoms with E-state index in [1.54, 1.807) is 0 Å². The number of thioether (sulfide) groups is 1. The first kappa shape index (κ1) is 11.6. The molecular weight excluding hydrogens is 230 g/mol. The van der Waals surface area contributed by atoms with Gasteiger partial charge in [-0.1, -0.05) is 6.92 Å². The Bertz CT molecular complexity index is 382. The Morgan fingerprint density at radius 3 is 3.12 bits per heavy atom. The smallest absolute Gasteiger partial charge is 0.133 e. The van der Waals surface area contributed by atoms with Gasteiger partial charge in [0.15, 0.2) is 0 Å². The van der Waals surface area contributed by atoms with E-state index in [0.717, 1.165) is 31.2 Å². The third-order valence-electron chi connectivity index (χ3n) is 4.01. The van der Waals surface area contributed by atoms with E-state index >= 15 is 0 Å². The Balaban J connectivity index is 1.71. The van der Waals surface area contributed by atoms with Gasteiger partial charge in [-0.3, -0.25) is 0 Å². The highest BCUT2D eigenvalue weighted by Gasteiger charge is 2.23. The van der Waals surface area contributed by atoms with Crippen LogP contribution < -0.4 is 0 Å². The van der Waals surface area contributed by atoms with Gasteiger partial charge in [-0.15, -0.1) is 10.2 Å². The van der Waals surface area contributed by atoms with Gasteiger partial charge in [-0.25, -0.2) is 0 Å². The van der Waals surface area contributed by atoms with Gasteiger partial charge in [-0.2, -0.15) is 11.8 Å². The van der Waals surface area contributed by atoms with Gasteiger partial charge in [0, 0.05) is 19.4 Å². The molecule has 2 aliphatic rings. The summed E-state index contributed by atoms with van der Waals surface area (Å²) in [5.41, 5.74) is 0. The van der Waals surface area contributed by atoms with Gasteiger partial charge in [0.25, 0.3) is 0 Å². The topological polar surface area (TPSA) is 30.7 Å². The summed E-state index contributed by atoms with van der Waals surface area (Å²) in [6.45, 7) is 3.45. The van der Waals surface area contributed by atoms with Crippen LogP contribution in [0.15, 0.2) is 0 Å². The third-order valence-corrected chi connectivity index (χ3v) is 5.29. The summed E-state index contributed by atoms with van der Waals surface area (Å²) in [6, 6.07) is 0. The average Bonchev–Trinajstić information content (AvgIpc) is 2.73. The number of fused-ring (bicyclic) bond motifs is 1. The minimum Gasteiger partial charge on any atom is -0.315 e. The first-order valence-corrected chi connectivity index (χ1v) is 7.97. The van der Waals surface area contributed by atoms with Crippen molar-refractivity contribution in [2.24, 2.45) is 11.8 Å². The van der Waals surface area contributed by atoms with Crippen LogP contribution in [-0.2, 0) is 19.4 Å². The highest BCUT2D eigenvalue weighted by atomic mass is 32.2. The molecule has 4 heteroatoms. The zero-order valence-corrected chi connectivity index (χ0v) is 11.4. The highest BCUT2D eigenvalue weighted by molar-refractivity contribution is 7.99. The second-order valence-electron chi connectivity index (χ2n) is 5.57. The Hall–Kier alpha value is -0.510. The van der Waals surface area contributed by atoms with E-state index in [1.807, 2.05) is 0 Å². The van der Waals surface area contributed by atoms with Gasteiger partial charge in [0.1, 0.15) is 11.6 Å². The number of hydrogen-bond acceptors (Lipinski definition) is 3. The lowest BCUT2D eigenvalue weighted by Crippen LogP contribution is -2.21. The maximum Gasteiger partial charge on any atom is 0.133 e. The van der Waals surface area contributed by atoms with Crippen LogP contribution in [0.2, 0.25) is 0 Å². The summed E-state index contributed by atoms with van der Waals surface area (Å²) < 4.78 is 2.39. The predicted octanol–water partition coefficient (Wildman–Crippen LogP) is 2.55. The molecule has 0 bridgehead atoms. The van der Waals surface area contributed by atoms with Crippen LogP contribution in [0.1, 0.15) is 37.8 Å². The van der Waals surface area contributed by atoms with E-state index in [9.17, 15) is 0 Å². The van der Waals surface area contributed by atoms with E-state index in [0.29, 0.717) is 0 Å². The van der Waals surface area contributed by atoms with Crippen LogP contribution in [-0.4, -0.2) is 26.3 Å². The van der Waals surface area contributed by atoms with Crippen molar-refractivity contribution < 1.29 is 0 Å². The van der Waals surface area contributed by atoms with Crippen molar-refractivity contribution in [2.45, 2.75) is 45.6 Å². The molecule has 2 unspecified atom stereocenters. The molecule has 0 N–H and O–H groups in total. The lowest BCUT2D eigenvalue weighted by atomic mass is 9.98. The molecule has 0 aromatic carbocycles. The second kappa shape index (κ2) is 5.01. The fourth-order valence-corrected chi connectivity index (χ4v) is 4.08. The number of nitrogens with zero attached hydrogens (tertiary/aromatic N) is 3. The monoisotopic (exact) mass is 251 g/mol. The van der Waals surface area contributed by atoms with Crippen LogP contribution in [0.25, 0.3) is 0 Å². The van der Waals surface area contributed by atoms with Crippen molar-refractivity contribution in [3.05, 3.63) is 11.6 Å². The Labute approximate surface area is 107 Å². The molecule has 0 amide bonds. The zero-order chi connectivity index (χ0) is 11.7. The number of hydrogen-bond donors (Lipinski definition) is 0. The quantitative estimate of drug-likeness (QED) is 0.809.